The minimum atomic E-state index is -0.440. The molecule has 1 N–H and O–H groups in total. The summed E-state index contributed by atoms with van der Waals surface area (Å²) in [7, 11) is 0. The first-order valence-corrected chi connectivity index (χ1v) is 8.04. The molecule has 116 valence electrons. The summed E-state index contributed by atoms with van der Waals surface area (Å²) in [6, 6.07) is 6.45. The summed E-state index contributed by atoms with van der Waals surface area (Å²) in [4.78, 5) is 13.8. The average Bonchev–Trinajstić information content (AvgIpc) is 2.79. The van der Waals surface area contributed by atoms with Gasteiger partial charge in [-0.1, -0.05) is 15.9 Å². The van der Waals surface area contributed by atoms with E-state index in [-0.39, 0.29) is 12.1 Å². The number of nitrogens with zero attached hydrogens (tertiary/aromatic N) is 1. The Hall–Kier alpha value is -1.23. The number of benzene rings is 1. The Labute approximate surface area is 135 Å². The van der Waals surface area contributed by atoms with Crippen molar-refractivity contribution in [2.45, 2.75) is 45.8 Å². The zero-order chi connectivity index (χ0) is 15.6. The number of likely N-dealkylation sites (tertiary alicyclic amines) is 1. The SMILES string of the molecule is Cc1cc(Br)ccc1NC1CCN(C(=O)OC(C)(C)C)C1. The molecule has 1 aliphatic rings. The van der Waals surface area contributed by atoms with E-state index >= 15 is 0 Å². The van der Waals surface area contributed by atoms with Crippen LogP contribution in [0.4, 0.5) is 10.5 Å². The van der Waals surface area contributed by atoms with Gasteiger partial charge in [0.05, 0.1) is 0 Å². The molecule has 0 bridgehead atoms. The van der Waals surface area contributed by atoms with Crippen LogP contribution in [0.15, 0.2) is 22.7 Å². The molecule has 1 fully saturated rings. The Kier molecular flexibility index (Phi) is 4.81. The molecular weight excluding hydrogens is 332 g/mol. The highest BCUT2D eigenvalue weighted by atomic mass is 79.9. The summed E-state index contributed by atoms with van der Waals surface area (Å²) < 4.78 is 6.49. The predicted molar refractivity (Wildman–Crippen MR) is 88.7 cm³/mol. The van der Waals surface area contributed by atoms with Gasteiger partial charge in [0.25, 0.3) is 0 Å². The van der Waals surface area contributed by atoms with Crippen LogP contribution in [0.3, 0.4) is 0 Å². The Morgan fingerprint density at radius 1 is 1.43 bits per heavy atom. The summed E-state index contributed by atoms with van der Waals surface area (Å²) in [5, 5.41) is 3.51. The number of nitrogens with one attached hydrogen (secondary N) is 1. The van der Waals surface area contributed by atoms with E-state index in [1.807, 2.05) is 26.8 Å². The lowest BCUT2D eigenvalue weighted by molar-refractivity contribution is 0.0293. The number of anilines is 1. The molecule has 21 heavy (non-hydrogen) atoms. The van der Waals surface area contributed by atoms with Crippen LogP contribution in [0.2, 0.25) is 0 Å². The van der Waals surface area contributed by atoms with Gasteiger partial charge < -0.3 is 15.0 Å². The second kappa shape index (κ2) is 6.26. The van der Waals surface area contributed by atoms with Crippen molar-refractivity contribution in [3.8, 4) is 0 Å². The first kappa shape index (κ1) is 16.1. The minimum Gasteiger partial charge on any atom is -0.444 e. The molecule has 1 heterocycles. The maximum absolute atomic E-state index is 12.0. The molecule has 2 rings (SSSR count). The van der Waals surface area contributed by atoms with Crippen LogP contribution in [0.5, 0.6) is 0 Å². The third-order valence-corrected chi connectivity index (χ3v) is 3.88. The molecule has 0 radical (unpaired) electrons. The first-order valence-electron chi connectivity index (χ1n) is 7.25. The minimum absolute atomic E-state index is 0.223. The third kappa shape index (κ3) is 4.63. The number of hydrogen-bond acceptors (Lipinski definition) is 3. The van der Waals surface area contributed by atoms with E-state index in [4.69, 9.17) is 4.74 Å². The van der Waals surface area contributed by atoms with Gasteiger partial charge in [0.15, 0.2) is 0 Å². The lowest BCUT2D eigenvalue weighted by Crippen LogP contribution is -2.36. The Bertz CT molecular complexity index is 525. The number of ether oxygens (including phenoxy) is 1. The first-order chi connectivity index (χ1) is 9.74. The maximum Gasteiger partial charge on any atom is 0.410 e. The number of aryl methyl sites for hydroxylation is 1. The van der Waals surface area contributed by atoms with Crippen molar-refractivity contribution in [1.82, 2.24) is 4.90 Å². The molecular formula is C16H23BrN2O2. The lowest BCUT2D eigenvalue weighted by atomic mass is 10.1. The topological polar surface area (TPSA) is 41.6 Å². The van der Waals surface area contributed by atoms with E-state index in [0.717, 1.165) is 23.1 Å². The zero-order valence-electron chi connectivity index (χ0n) is 13.1. The Morgan fingerprint density at radius 3 is 2.76 bits per heavy atom. The van der Waals surface area contributed by atoms with Crippen LogP contribution in [0.25, 0.3) is 0 Å². The van der Waals surface area contributed by atoms with Crippen molar-refractivity contribution >= 4 is 27.7 Å². The largest absolute Gasteiger partial charge is 0.444 e. The van der Waals surface area contributed by atoms with Gasteiger partial charge in [-0.15, -0.1) is 0 Å². The normalized spacial score (nSPS) is 18.7. The van der Waals surface area contributed by atoms with Crippen molar-refractivity contribution in [1.29, 1.82) is 0 Å². The van der Waals surface area contributed by atoms with Gasteiger partial charge in [-0.2, -0.15) is 0 Å². The highest BCUT2D eigenvalue weighted by Crippen LogP contribution is 2.23. The van der Waals surface area contributed by atoms with E-state index < -0.39 is 5.60 Å². The molecule has 1 saturated heterocycles. The van der Waals surface area contributed by atoms with E-state index in [2.05, 4.69) is 40.3 Å². The van der Waals surface area contributed by atoms with Crippen LogP contribution in [0, 0.1) is 6.92 Å². The molecule has 1 unspecified atom stereocenters. The Morgan fingerprint density at radius 2 is 2.14 bits per heavy atom. The molecule has 1 aromatic rings. The molecule has 0 aromatic heterocycles. The van der Waals surface area contributed by atoms with Gasteiger partial charge in [0.2, 0.25) is 0 Å². The predicted octanol–water partition coefficient (Wildman–Crippen LogP) is 4.18. The molecule has 5 heteroatoms. The molecule has 1 amide bonds. The third-order valence-electron chi connectivity index (χ3n) is 3.39. The van der Waals surface area contributed by atoms with Crippen molar-refractivity contribution in [2.24, 2.45) is 0 Å². The zero-order valence-corrected chi connectivity index (χ0v) is 14.7. The highest BCUT2D eigenvalue weighted by molar-refractivity contribution is 9.10. The van der Waals surface area contributed by atoms with Crippen molar-refractivity contribution in [2.75, 3.05) is 18.4 Å². The molecule has 0 saturated carbocycles. The van der Waals surface area contributed by atoms with E-state index in [0.29, 0.717) is 6.54 Å². The van der Waals surface area contributed by atoms with E-state index in [1.54, 1.807) is 4.90 Å². The van der Waals surface area contributed by atoms with Gasteiger partial charge in [-0.25, -0.2) is 4.79 Å². The fourth-order valence-corrected chi connectivity index (χ4v) is 2.85. The quantitative estimate of drug-likeness (QED) is 0.865. The standard InChI is InChI=1S/C16H23BrN2O2/c1-11-9-12(17)5-6-14(11)18-13-7-8-19(10-13)15(20)21-16(2,3)4/h5-6,9,13,18H,7-8,10H2,1-4H3. The fraction of sp³-hybridized carbons (Fsp3) is 0.562. The highest BCUT2D eigenvalue weighted by Gasteiger charge is 2.29. The van der Waals surface area contributed by atoms with Gasteiger partial charge in [-0.05, 0) is 57.9 Å². The number of carbonyl (C=O) groups is 1. The summed E-state index contributed by atoms with van der Waals surface area (Å²) in [6.07, 6.45) is 0.716. The molecule has 0 aliphatic carbocycles. The van der Waals surface area contributed by atoms with Gasteiger partial charge >= 0.3 is 6.09 Å². The smallest absolute Gasteiger partial charge is 0.410 e. The summed E-state index contributed by atoms with van der Waals surface area (Å²) in [5.41, 5.74) is 1.87. The number of carbonyl (C=O) groups excluding carboxylic acids is 1. The van der Waals surface area contributed by atoms with Gasteiger partial charge in [0.1, 0.15) is 5.60 Å². The van der Waals surface area contributed by atoms with Crippen LogP contribution >= 0.6 is 15.9 Å². The van der Waals surface area contributed by atoms with Crippen molar-refractivity contribution in [3.05, 3.63) is 28.2 Å². The van der Waals surface area contributed by atoms with E-state index in [1.165, 1.54) is 5.56 Å². The van der Waals surface area contributed by atoms with Crippen LogP contribution < -0.4 is 5.32 Å². The molecule has 1 aliphatic heterocycles. The Balaban J connectivity index is 1.92. The molecule has 0 spiro atoms. The number of rotatable bonds is 2. The second-order valence-electron chi connectivity index (χ2n) is 6.52. The fourth-order valence-electron chi connectivity index (χ4n) is 2.38. The monoisotopic (exact) mass is 354 g/mol. The van der Waals surface area contributed by atoms with Crippen molar-refractivity contribution in [3.63, 3.8) is 0 Å². The maximum atomic E-state index is 12.0. The number of halogens is 1. The number of amides is 1. The summed E-state index contributed by atoms with van der Waals surface area (Å²) in [5.74, 6) is 0. The lowest BCUT2D eigenvalue weighted by Gasteiger charge is -2.24. The second-order valence-corrected chi connectivity index (χ2v) is 7.43. The van der Waals surface area contributed by atoms with E-state index in [9.17, 15) is 4.79 Å². The van der Waals surface area contributed by atoms with Crippen LogP contribution in [0.1, 0.15) is 32.8 Å². The molecule has 4 nitrogen and oxygen atoms in total. The molecule has 1 atom stereocenters. The van der Waals surface area contributed by atoms with Gasteiger partial charge in [0, 0.05) is 29.3 Å². The number of hydrogen-bond donors (Lipinski definition) is 1. The summed E-state index contributed by atoms with van der Waals surface area (Å²) >= 11 is 3.47. The average molecular weight is 355 g/mol. The summed E-state index contributed by atoms with van der Waals surface area (Å²) in [6.45, 7) is 9.17. The van der Waals surface area contributed by atoms with Crippen molar-refractivity contribution < 1.29 is 9.53 Å². The molecule has 1 aromatic carbocycles. The van der Waals surface area contributed by atoms with Crippen LogP contribution in [-0.2, 0) is 4.74 Å². The van der Waals surface area contributed by atoms with Gasteiger partial charge in [-0.3, -0.25) is 0 Å². The van der Waals surface area contributed by atoms with Crippen LogP contribution in [-0.4, -0.2) is 35.7 Å².